The second-order valence-corrected chi connectivity index (χ2v) is 3.96. The minimum atomic E-state index is 0.230. The highest BCUT2D eigenvalue weighted by molar-refractivity contribution is 5.86. The molecular weight excluding hydrogens is 214 g/mol. The zero-order chi connectivity index (χ0) is 12.3. The normalized spacial score (nSPS) is 9.94. The minimum absolute atomic E-state index is 0.230. The first-order valence-corrected chi connectivity index (χ1v) is 5.40. The van der Waals surface area contributed by atoms with Gasteiger partial charge in [-0.1, -0.05) is 17.7 Å². The summed E-state index contributed by atoms with van der Waals surface area (Å²) in [5.41, 5.74) is 1.85. The number of nitriles is 1. The van der Waals surface area contributed by atoms with Gasteiger partial charge in [-0.3, -0.25) is 0 Å². The average Bonchev–Trinajstić information content (AvgIpc) is 2.67. The standard InChI is InChI=1S/C14H13NO2/c1-10(2)7-8-16-14-11-5-3-4-6-12(11)17-13(14)9-15/h3-7H,8H2,1-2H3. The Morgan fingerprint density at radius 3 is 2.88 bits per heavy atom. The van der Waals surface area contributed by atoms with Crippen LogP contribution in [0.4, 0.5) is 0 Å². The summed E-state index contributed by atoms with van der Waals surface area (Å²) >= 11 is 0. The Balaban J connectivity index is 2.37. The molecule has 0 saturated heterocycles. The maximum absolute atomic E-state index is 8.99. The average molecular weight is 227 g/mol. The van der Waals surface area contributed by atoms with E-state index >= 15 is 0 Å². The molecule has 0 spiro atoms. The zero-order valence-corrected chi connectivity index (χ0v) is 9.86. The van der Waals surface area contributed by atoms with Crippen LogP contribution in [0.25, 0.3) is 11.0 Å². The summed E-state index contributed by atoms with van der Waals surface area (Å²) in [5, 5.41) is 9.83. The van der Waals surface area contributed by atoms with Crippen molar-refractivity contribution >= 4 is 11.0 Å². The number of nitrogens with zero attached hydrogens (tertiary/aromatic N) is 1. The first-order chi connectivity index (χ1) is 8.22. The summed E-state index contributed by atoms with van der Waals surface area (Å²) in [6.07, 6.45) is 1.96. The zero-order valence-electron chi connectivity index (χ0n) is 9.86. The van der Waals surface area contributed by atoms with Crippen LogP contribution in [0.15, 0.2) is 40.3 Å². The van der Waals surface area contributed by atoms with Gasteiger partial charge < -0.3 is 9.15 Å². The molecule has 0 aliphatic carbocycles. The van der Waals surface area contributed by atoms with Gasteiger partial charge in [0.15, 0.2) is 5.75 Å². The van der Waals surface area contributed by atoms with Gasteiger partial charge in [0.25, 0.3) is 0 Å². The van der Waals surface area contributed by atoms with Gasteiger partial charge in [-0.25, -0.2) is 0 Å². The molecule has 3 heteroatoms. The summed E-state index contributed by atoms with van der Waals surface area (Å²) in [6, 6.07) is 9.48. The molecule has 0 bridgehead atoms. The molecule has 0 unspecified atom stereocenters. The molecule has 0 atom stereocenters. The van der Waals surface area contributed by atoms with E-state index < -0.39 is 0 Å². The van der Waals surface area contributed by atoms with Crippen LogP contribution in [-0.4, -0.2) is 6.61 Å². The van der Waals surface area contributed by atoms with Crippen molar-refractivity contribution in [1.29, 1.82) is 5.26 Å². The summed E-state index contributed by atoms with van der Waals surface area (Å²) < 4.78 is 11.0. The van der Waals surface area contributed by atoms with Crippen LogP contribution in [0.1, 0.15) is 19.6 Å². The van der Waals surface area contributed by atoms with Crippen molar-refractivity contribution in [3.05, 3.63) is 41.7 Å². The lowest BCUT2D eigenvalue weighted by Gasteiger charge is -2.01. The molecule has 0 aliphatic rings. The lowest BCUT2D eigenvalue weighted by Crippen LogP contribution is -1.94. The predicted octanol–water partition coefficient (Wildman–Crippen LogP) is 3.65. The number of para-hydroxylation sites is 1. The van der Waals surface area contributed by atoms with Gasteiger partial charge in [-0.2, -0.15) is 5.26 Å². The molecule has 0 fully saturated rings. The number of rotatable bonds is 3. The Labute approximate surface area is 99.9 Å². The highest BCUT2D eigenvalue weighted by Gasteiger charge is 2.14. The van der Waals surface area contributed by atoms with Crippen LogP contribution in [0.3, 0.4) is 0 Å². The molecule has 3 nitrogen and oxygen atoms in total. The molecular formula is C14H13NO2. The second kappa shape index (κ2) is 4.75. The first-order valence-electron chi connectivity index (χ1n) is 5.40. The molecule has 86 valence electrons. The van der Waals surface area contributed by atoms with Crippen molar-refractivity contribution in [1.82, 2.24) is 0 Å². The molecule has 0 amide bonds. The third kappa shape index (κ3) is 2.31. The summed E-state index contributed by atoms with van der Waals surface area (Å²) in [7, 11) is 0. The predicted molar refractivity (Wildman–Crippen MR) is 65.9 cm³/mol. The molecule has 2 rings (SSSR count). The number of ether oxygens (including phenoxy) is 1. The Morgan fingerprint density at radius 1 is 1.41 bits per heavy atom. The SMILES string of the molecule is CC(C)=CCOc1c(C#N)oc2ccccc12. The molecule has 1 heterocycles. The molecule has 0 saturated carbocycles. The van der Waals surface area contributed by atoms with Crippen molar-refractivity contribution in [3.8, 4) is 11.8 Å². The van der Waals surface area contributed by atoms with Crippen molar-refractivity contribution in [2.75, 3.05) is 6.61 Å². The van der Waals surface area contributed by atoms with E-state index in [4.69, 9.17) is 14.4 Å². The van der Waals surface area contributed by atoms with Crippen LogP contribution in [0.5, 0.6) is 5.75 Å². The van der Waals surface area contributed by atoms with Gasteiger partial charge in [-0.05, 0) is 32.1 Å². The number of hydrogen-bond acceptors (Lipinski definition) is 3. The highest BCUT2D eigenvalue weighted by atomic mass is 16.5. The van der Waals surface area contributed by atoms with Gasteiger partial charge in [0.1, 0.15) is 18.3 Å². The quantitative estimate of drug-likeness (QED) is 0.752. The van der Waals surface area contributed by atoms with Gasteiger partial charge >= 0.3 is 0 Å². The molecule has 1 aromatic carbocycles. The largest absolute Gasteiger partial charge is 0.484 e. The van der Waals surface area contributed by atoms with Gasteiger partial charge in [0.2, 0.25) is 5.76 Å². The van der Waals surface area contributed by atoms with E-state index in [1.807, 2.05) is 50.3 Å². The van der Waals surface area contributed by atoms with E-state index in [0.29, 0.717) is 17.9 Å². The van der Waals surface area contributed by atoms with Gasteiger partial charge in [0, 0.05) is 0 Å². The summed E-state index contributed by atoms with van der Waals surface area (Å²) in [4.78, 5) is 0. The topological polar surface area (TPSA) is 46.2 Å². The maximum Gasteiger partial charge on any atom is 0.246 e. The molecule has 2 aromatic rings. The number of hydrogen-bond donors (Lipinski definition) is 0. The van der Waals surface area contributed by atoms with Crippen molar-refractivity contribution in [2.45, 2.75) is 13.8 Å². The number of furan rings is 1. The number of benzene rings is 1. The fourth-order valence-corrected chi connectivity index (χ4v) is 1.53. The smallest absolute Gasteiger partial charge is 0.246 e. The Hall–Kier alpha value is -2.21. The van der Waals surface area contributed by atoms with Crippen LogP contribution in [0, 0.1) is 11.3 Å². The van der Waals surface area contributed by atoms with Crippen molar-refractivity contribution < 1.29 is 9.15 Å². The second-order valence-electron chi connectivity index (χ2n) is 3.96. The van der Waals surface area contributed by atoms with Gasteiger partial charge in [-0.15, -0.1) is 0 Å². The summed E-state index contributed by atoms with van der Waals surface area (Å²) in [6.45, 7) is 4.45. The van der Waals surface area contributed by atoms with E-state index in [0.717, 1.165) is 5.39 Å². The van der Waals surface area contributed by atoms with Crippen LogP contribution in [0.2, 0.25) is 0 Å². The lowest BCUT2D eigenvalue weighted by molar-refractivity contribution is 0.357. The Morgan fingerprint density at radius 2 is 2.18 bits per heavy atom. The lowest BCUT2D eigenvalue weighted by atomic mass is 10.2. The Bertz CT molecular complexity index is 598. The Kier molecular flexibility index (Phi) is 3.15. The molecule has 0 aliphatic heterocycles. The van der Waals surface area contributed by atoms with Crippen molar-refractivity contribution in [2.24, 2.45) is 0 Å². The van der Waals surface area contributed by atoms with E-state index in [1.165, 1.54) is 5.57 Å². The fourth-order valence-electron chi connectivity index (χ4n) is 1.53. The first kappa shape index (κ1) is 11.3. The molecule has 0 radical (unpaired) electrons. The third-order valence-electron chi connectivity index (χ3n) is 2.37. The third-order valence-corrected chi connectivity index (χ3v) is 2.37. The number of allylic oxidation sites excluding steroid dienone is 1. The van der Waals surface area contributed by atoms with Crippen molar-refractivity contribution in [3.63, 3.8) is 0 Å². The van der Waals surface area contributed by atoms with Crippen LogP contribution < -0.4 is 4.74 Å². The molecule has 0 N–H and O–H groups in total. The van der Waals surface area contributed by atoms with Gasteiger partial charge in [0.05, 0.1) is 5.39 Å². The molecule has 17 heavy (non-hydrogen) atoms. The maximum atomic E-state index is 8.99. The van der Waals surface area contributed by atoms with E-state index in [1.54, 1.807) is 0 Å². The van der Waals surface area contributed by atoms with E-state index in [2.05, 4.69) is 0 Å². The number of fused-ring (bicyclic) bond motifs is 1. The van der Waals surface area contributed by atoms with Crippen LogP contribution >= 0.6 is 0 Å². The molecule has 1 aromatic heterocycles. The van der Waals surface area contributed by atoms with E-state index in [-0.39, 0.29) is 5.76 Å². The highest BCUT2D eigenvalue weighted by Crippen LogP contribution is 2.32. The summed E-state index contributed by atoms with van der Waals surface area (Å²) in [5.74, 6) is 0.758. The van der Waals surface area contributed by atoms with E-state index in [9.17, 15) is 0 Å². The minimum Gasteiger partial charge on any atom is -0.484 e. The van der Waals surface area contributed by atoms with Crippen LogP contribution in [-0.2, 0) is 0 Å². The monoisotopic (exact) mass is 227 g/mol. The fraction of sp³-hybridized carbons (Fsp3) is 0.214.